The lowest BCUT2D eigenvalue weighted by Gasteiger charge is -2.18. The van der Waals surface area contributed by atoms with Crippen LogP contribution in [-0.4, -0.2) is 38.5 Å². The van der Waals surface area contributed by atoms with Crippen LogP contribution in [0.2, 0.25) is 0 Å². The summed E-state index contributed by atoms with van der Waals surface area (Å²) >= 11 is 0. The number of methoxy groups -OCH3 is 1. The highest BCUT2D eigenvalue weighted by Crippen LogP contribution is 2.42. The number of hydrogen-bond donors (Lipinski definition) is 0. The molecule has 0 aromatic heterocycles. The first-order chi connectivity index (χ1) is 14.4. The maximum Gasteiger partial charge on any atom is 0.213 e. The van der Waals surface area contributed by atoms with Crippen molar-refractivity contribution < 1.29 is 21.7 Å². The smallest absolute Gasteiger partial charge is 0.213 e. The molecule has 0 spiro atoms. The Balaban J connectivity index is 0.00000272. The Labute approximate surface area is 191 Å². The van der Waals surface area contributed by atoms with Gasteiger partial charge in [0.2, 0.25) is 5.69 Å². The van der Waals surface area contributed by atoms with Crippen LogP contribution in [0, 0.1) is 6.92 Å². The summed E-state index contributed by atoms with van der Waals surface area (Å²) in [6.07, 6.45) is 0. The van der Waals surface area contributed by atoms with Gasteiger partial charge in [0, 0.05) is 38.3 Å². The van der Waals surface area contributed by atoms with Crippen LogP contribution >= 0.6 is 0 Å². The molecule has 3 aromatic rings. The Hall–Kier alpha value is -3.04. The fraction of sp³-hybridized carbons (Fsp3) is 0.222. The number of hydrogen-bond acceptors (Lipinski definition) is 2. The Morgan fingerprint density at radius 3 is 2.19 bits per heavy atom. The third-order valence-electron chi connectivity index (χ3n) is 6.02. The van der Waals surface area contributed by atoms with E-state index < -0.39 is 0 Å². The Bertz CT molecular complexity index is 1170. The summed E-state index contributed by atoms with van der Waals surface area (Å²) in [5.74, 6) is 0.868. The first kappa shape index (κ1) is 22.6. The Morgan fingerprint density at radius 2 is 1.58 bits per heavy atom. The first-order valence-electron chi connectivity index (χ1n) is 10.3. The van der Waals surface area contributed by atoms with Crippen LogP contribution in [0.4, 0.5) is 11.4 Å². The van der Waals surface area contributed by atoms with Crippen LogP contribution in [0.1, 0.15) is 29.2 Å². The van der Waals surface area contributed by atoms with Gasteiger partial charge in [0.15, 0.2) is 5.71 Å². The minimum Gasteiger partial charge on any atom is -1.00 e. The van der Waals surface area contributed by atoms with E-state index in [0.29, 0.717) is 0 Å². The molecule has 1 heterocycles. The zero-order valence-electron chi connectivity index (χ0n) is 19.0. The molecular formula is C27H29ClN2O. The molecule has 31 heavy (non-hydrogen) atoms. The van der Waals surface area contributed by atoms with Gasteiger partial charge in [0.05, 0.1) is 18.2 Å². The number of anilines is 1. The summed E-state index contributed by atoms with van der Waals surface area (Å²) in [6.45, 7) is 4.41. The van der Waals surface area contributed by atoms with Crippen molar-refractivity contribution in [3.63, 3.8) is 0 Å². The zero-order valence-corrected chi connectivity index (χ0v) is 19.8. The van der Waals surface area contributed by atoms with Crippen LogP contribution in [-0.2, 0) is 0 Å². The number of fused-ring (bicyclic) bond motifs is 1. The van der Waals surface area contributed by atoms with Gasteiger partial charge in [-0.2, -0.15) is 4.58 Å². The number of allylic oxidation sites excluding steroid dienone is 1. The van der Waals surface area contributed by atoms with Crippen LogP contribution in [0.5, 0.6) is 5.75 Å². The second-order valence-electron chi connectivity index (χ2n) is 8.03. The van der Waals surface area contributed by atoms with Crippen LogP contribution in [0.3, 0.4) is 0 Å². The van der Waals surface area contributed by atoms with Gasteiger partial charge < -0.3 is 22.0 Å². The molecule has 1 aliphatic rings. The van der Waals surface area contributed by atoms with Crippen LogP contribution in [0.25, 0.3) is 11.1 Å². The molecule has 3 nitrogen and oxygen atoms in total. The summed E-state index contributed by atoms with van der Waals surface area (Å²) in [7, 11) is 8.02. The highest BCUT2D eigenvalue weighted by atomic mass is 35.5. The predicted molar refractivity (Wildman–Crippen MR) is 127 cm³/mol. The average molecular weight is 433 g/mol. The third kappa shape index (κ3) is 3.98. The standard InChI is InChI=1S/C27H29N2O.ClH/c1-18-17-21(28(3)4)13-16-23(18)27(20-11-14-22(30-6)15-12-20)26-19(2)29(5)25-10-8-7-9-24(25)26;/h7-17H,1-6H3;1H/q+1;/p-1. The molecule has 4 heteroatoms. The quantitative estimate of drug-likeness (QED) is 0.589. The van der Waals surface area contributed by atoms with E-state index in [1.807, 2.05) is 12.1 Å². The molecule has 0 unspecified atom stereocenters. The van der Waals surface area contributed by atoms with Gasteiger partial charge in [0.1, 0.15) is 12.8 Å². The molecule has 0 saturated carbocycles. The van der Waals surface area contributed by atoms with Gasteiger partial charge in [-0.3, -0.25) is 0 Å². The van der Waals surface area contributed by atoms with Crippen molar-refractivity contribution in [2.45, 2.75) is 13.8 Å². The molecule has 0 atom stereocenters. The van der Waals surface area contributed by atoms with E-state index >= 15 is 0 Å². The van der Waals surface area contributed by atoms with Crippen LogP contribution in [0.15, 0.2) is 66.7 Å². The molecule has 0 fully saturated rings. The second kappa shape index (κ2) is 8.99. The molecule has 0 bridgehead atoms. The molecular weight excluding hydrogens is 404 g/mol. The molecule has 160 valence electrons. The number of rotatable bonds is 4. The minimum absolute atomic E-state index is 0. The maximum absolute atomic E-state index is 5.41. The van der Waals surface area contributed by atoms with Gasteiger partial charge in [-0.05, 0) is 53.9 Å². The normalized spacial score (nSPS) is 14.1. The van der Waals surface area contributed by atoms with Gasteiger partial charge in [-0.1, -0.05) is 30.3 Å². The molecule has 1 aliphatic heterocycles. The SMILES string of the molecule is COc1ccc(C(=C2C(C)=[N+](C)c3ccccc32)c2ccc(N(C)C)cc2C)cc1.[Cl-]. The molecule has 3 aromatic carbocycles. The molecule has 0 N–H and O–H groups in total. The lowest BCUT2D eigenvalue weighted by molar-refractivity contribution is -0.401. The van der Waals surface area contributed by atoms with Gasteiger partial charge in [0.25, 0.3) is 0 Å². The summed E-state index contributed by atoms with van der Waals surface area (Å²) < 4.78 is 7.69. The van der Waals surface area contributed by atoms with E-state index in [1.165, 1.54) is 50.5 Å². The van der Waals surface area contributed by atoms with Crippen molar-refractivity contribution in [1.29, 1.82) is 0 Å². The number of nitrogens with zero attached hydrogens (tertiary/aromatic N) is 2. The number of aryl methyl sites for hydroxylation is 1. The minimum atomic E-state index is 0. The van der Waals surface area contributed by atoms with Crippen LogP contribution < -0.4 is 22.0 Å². The van der Waals surface area contributed by atoms with E-state index in [1.54, 1.807) is 7.11 Å². The molecule has 0 aliphatic carbocycles. The first-order valence-corrected chi connectivity index (χ1v) is 10.3. The molecule has 4 rings (SSSR count). The molecule has 0 saturated heterocycles. The highest BCUT2D eigenvalue weighted by Gasteiger charge is 2.32. The maximum atomic E-state index is 5.41. The van der Waals surface area contributed by atoms with Crippen molar-refractivity contribution in [2.75, 3.05) is 33.2 Å². The third-order valence-corrected chi connectivity index (χ3v) is 6.02. The van der Waals surface area contributed by atoms with Crippen molar-refractivity contribution in [3.8, 4) is 5.75 Å². The van der Waals surface area contributed by atoms with E-state index in [2.05, 4.69) is 99.1 Å². The summed E-state index contributed by atoms with van der Waals surface area (Å²) in [5, 5.41) is 0. The fourth-order valence-corrected chi connectivity index (χ4v) is 4.24. The van der Waals surface area contributed by atoms with E-state index in [9.17, 15) is 0 Å². The lowest BCUT2D eigenvalue weighted by Crippen LogP contribution is -3.00. The topological polar surface area (TPSA) is 15.5 Å². The number of benzene rings is 3. The summed E-state index contributed by atoms with van der Waals surface area (Å²) in [4.78, 5) is 2.15. The zero-order chi connectivity index (χ0) is 21.4. The van der Waals surface area contributed by atoms with E-state index in [4.69, 9.17) is 4.74 Å². The van der Waals surface area contributed by atoms with Crippen molar-refractivity contribution in [2.24, 2.45) is 0 Å². The second-order valence-corrected chi connectivity index (χ2v) is 8.03. The fourth-order valence-electron chi connectivity index (χ4n) is 4.24. The lowest BCUT2D eigenvalue weighted by atomic mass is 9.86. The molecule has 0 radical (unpaired) electrons. The van der Waals surface area contributed by atoms with Crippen molar-refractivity contribution in [3.05, 3.63) is 89.0 Å². The monoisotopic (exact) mass is 432 g/mol. The van der Waals surface area contributed by atoms with Crippen molar-refractivity contribution in [1.82, 2.24) is 0 Å². The Morgan fingerprint density at radius 1 is 0.903 bits per heavy atom. The summed E-state index contributed by atoms with van der Waals surface area (Å²) in [5.41, 5.74) is 11.3. The van der Waals surface area contributed by atoms with Crippen molar-refractivity contribution >= 4 is 28.2 Å². The predicted octanol–water partition coefficient (Wildman–Crippen LogP) is 2.78. The molecule has 0 amide bonds. The average Bonchev–Trinajstić information content (AvgIpc) is 3.01. The van der Waals surface area contributed by atoms with E-state index in [0.717, 1.165) is 5.75 Å². The number of halogens is 1. The van der Waals surface area contributed by atoms with Gasteiger partial charge in [-0.15, -0.1) is 0 Å². The Kier molecular flexibility index (Phi) is 6.56. The van der Waals surface area contributed by atoms with Gasteiger partial charge in [-0.25, -0.2) is 0 Å². The highest BCUT2D eigenvalue weighted by molar-refractivity contribution is 6.32. The summed E-state index contributed by atoms with van der Waals surface area (Å²) in [6, 6.07) is 23.8. The number of ether oxygens (including phenoxy) is 1. The number of para-hydroxylation sites is 1. The van der Waals surface area contributed by atoms with Gasteiger partial charge >= 0.3 is 0 Å². The van der Waals surface area contributed by atoms with E-state index in [-0.39, 0.29) is 12.4 Å². The largest absolute Gasteiger partial charge is 1.00 e.